The normalized spacial score (nSPS) is 13.0. The zero-order valence-electron chi connectivity index (χ0n) is 17.5. The van der Waals surface area contributed by atoms with E-state index in [2.05, 4.69) is 10.6 Å². The Bertz CT molecular complexity index is 1040. The number of hydrogen-bond donors (Lipinski definition) is 2. The predicted molar refractivity (Wildman–Crippen MR) is 114 cm³/mol. The molecule has 0 heterocycles. The molecule has 0 radical (unpaired) electrons. The van der Waals surface area contributed by atoms with Crippen molar-refractivity contribution in [1.82, 2.24) is 10.2 Å². The lowest BCUT2D eigenvalue weighted by Gasteiger charge is -2.23. The van der Waals surface area contributed by atoms with Gasteiger partial charge in [0.05, 0.1) is 24.3 Å². The van der Waals surface area contributed by atoms with Crippen LogP contribution in [0.4, 0.5) is 5.69 Å². The molecule has 2 aromatic rings. The minimum absolute atomic E-state index is 0.0417. The fraction of sp³-hybridized carbons (Fsp3) is 0.304. The fourth-order valence-electron chi connectivity index (χ4n) is 3.44. The zero-order chi connectivity index (χ0) is 22.1. The number of nitrogens with zero attached hydrogens (tertiary/aromatic N) is 1. The van der Waals surface area contributed by atoms with Crippen LogP contribution in [0.3, 0.4) is 0 Å². The molecule has 0 spiro atoms. The van der Waals surface area contributed by atoms with Gasteiger partial charge in [-0.05, 0) is 33.9 Å². The number of benzene rings is 2. The van der Waals surface area contributed by atoms with Gasteiger partial charge in [-0.2, -0.15) is 0 Å². The van der Waals surface area contributed by atoms with Gasteiger partial charge in [0.15, 0.2) is 11.6 Å². The van der Waals surface area contributed by atoms with Crippen LogP contribution in [-0.4, -0.2) is 54.0 Å². The third kappa shape index (κ3) is 4.63. The Morgan fingerprint density at radius 1 is 0.833 bits per heavy atom. The highest BCUT2D eigenvalue weighted by molar-refractivity contribution is 6.30. The molecule has 0 atom stereocenters. The summed E-state index contributed by atoms with van der Waals surface area (Å²) in [5, 5.41) is 5.56. The van der Waals surface area contributed by atoms with Crippen molar-refractivity contribution >= 4 is 29.1 Å². The Morgan fingerprint density at radius 3 is 2.03 bits per heavy atom. The van der Waals surface area contributed by atoms with Gasteiger partial charge in [0.1, 0.15) is 0 Å². The van der Waals surface area contributed by atoms with E-state index in [0.717, 1.165) is 0 Å². The molecule has 7 heteroatoms. The molecule has 0 fully saturated rings. The number of nitrogens with one attached hydrogen (secondary N) is 2. The molecule has 1 aliphatic rings. The van der Waals surface area contributed by atoms with Crippen LogP contribution in [-0.2, 0) is 9.59 Å². The number of rotatable bonds is 5. The maximum atomic E-state index is 13.0. The summed E-state index contributed by atoms with van der Waals surface area (Å²) >= 11 is 0. The van der Waals surface area contributed by atoms with Crippen molar-refractivity contribution in [1.29, 1.82) is 0 Å². The minimum atomic E-state index is -0.381. The molecule has 0 unspecified atom stereocenters. The minimum Gasteiger partial charge on any atom is -0.350 e. The first-order chi connectivity index (χ1) is 14.1. The molecule has 30 heavy (non-hydrogen) atoms. The summed E-state index contributed by atoms with van der Waals surface area (Å²) in [6.07, 6.45) is 0. The van der Waals surface area contributed by atoms with E-state index in [1.807, 2.05) is 20.8 Å². The number of fused-ring (bicyclic) bond motifs is 2. The van der Waals surface area contributed by atoms with E-state index < -0.39 is 0 Å². The van der Waals surface area contributed by atoms with Crippen LogP contribution in [0.5, 0.6) is 0 Å². The standard InChI is InChI=1S/C23H25N3O4/c1-23(2,3)25-19(28)13-26(4)12-18(27)24-17-11-7-10-16-20(17)22(30)15-9-6-5-8-14(15)21(16)29/h5-11H,12-13H2,1-4H3,(H,24,27)(H,25,28). The average molecular weight is 407 g/mol. The number of ketones is 2. The van der Waals surface area contributed by atoms with E-state index in [0.29, 0.717) is 11.1 Å². The summed E-state index contributed by atoms with van der Waals surface area (Å²) in [6.45, 7) is 5.66. The molecular formula is C23H25N3O4. The second kappa shape index (κ2) is 8.20. The Morgan fingerprint density at radius 2 is 1.40 bits per heavy atom. The van der Waals surface area contributed by atoms with Gasteiger partial charge in [-0.3, -0.25) is 24.1 Å². The number of carbonyl (C=O) groups excluding carboxylic acids is 4. The van der Waals surface area contributed by atoms with E-state index >= 15 is 0 Å². The van der Waals surface area contributed by atoms with Crippen LogP contribution in [0.25, 0.3) is 0 Å². The van der Waals surface area contributed by atoms with Gasteiger partial charge in [0.2, 0.25) is 11.8 Å². The molecule has 0 bridgehead atoms. The highest BCUT2D eigenvalue weighted by Crippen LogP contribution is 2.31. The summed E-state index contributed by atoms with van der Waals surface area (Å²) in [7, 11) is 1.66. The Kier molecular flexibility index (Phi) is 5.85. The lowest BCUT2D eigenvalue weighted by Crippen LogP contribution is -2.46. The summed E-state index contributed by atoms with van der Waals surface area (Å²) in [4.78, 5) is 51.9. The average Bonchev–Trinajstić information content (AvgIpc) is 2.64. The van der Waals surface area contributed by atoms with Crippen molar-refractivity contribution in [3.63, 3.8) is 0 Å². The number of hydrogen-bond acceptors (Lipinski definition) is 5. The third-order valence-electron chi connectivity index (χ3n) is 4.57. The molecule has 0 saturated heterocycles. The molecule has 7 nitrogen and oxygen atoms in total. The fourth-order valence-corrected chi connectivity index (χ4v) is 3.44. The topological polar surface area (TPSA) is 95.6 Å². The van der Waals surface area contributed by atoms with E-state index in [9.17, 15) is 19.2 Å². The van der Waals surface area contributed by atoms with Crippen molar-refractivity contribution in [3.05, 3.63) is 64.7 Å². The smallest absolute Gasteiger partial charge is 0.238 e. The van der Waals surface area contributed by atoms with Crippen LogP contribution in [0.15, 0.2) is 42.5 Å². The lowest BCUT2D eigenvalue weighted by atomic mass is 9.83. The molecule has 0 aliphatic heterocycles. The number of amides is 2. The quantitative estimate of drug-likeness (QED) is 0.676. The van der Waals surface area contributed by atoms with Crippen LogP contribution in [0, 0.1) is 0 Å². The predicted octanol–water partition coefficient (Wildman–Crippen LogP) is 2.25. The van der Waals surface area contributed by atoms with Crippen molar-refractivity contribution in [3.8, 4) is 0 Å². The van der Waals surface area contributed by atoms with Gasteiger partial charge in [0, 0.05) is 22.2 Å². The Hall–Kier alpha value is -3.32. The van der Waals surface area contributed by atoms with Crippen LogP contribution < -0.4 is 10.6 Å². The van der Waals surface area contributed by atoms with Crippen molar-refractivity contribution in [2.75, 3.05) is 25.5 Å². The second-order valence-electron chi connectivity index (χ2n) is 8.45. The van der Waals surface area contributed by atoms with Crippen LogP contribution in [0.2, 0.25) is 0 Å². The van der Waals surface area contributed by atoms with Gasteiger partial charge in [-0.25, -0.2) is 0 Å². The van der Waals surface area contributed by atoms with Crippen LogP contribution in [0.1, 0.15) is 52.6 Å². The first kappa shape index (κ1) is 21.4. The molecule has 156 valence electrons. The van der Waals surface area contributed by atoms with E-state index in [1.165, 1.54) is 0 Å². The largest absolute Gasteiger partial charge is 0.350 e. The van der Waals surface area contributed by atoms with E-state index in [1.54, 1.807) is 54.4 Å². The summed E-state index contributed by atoms with van der Waals surface area (Å²) in [5.41, 5.74) is 1.10. The maximum absolute atomic E-state index is 13.0. The molecule has 0 aromatic heterocycles. The lowest BCUT2D eigenvalue weighted by molar-refractivity contribution is -0.124. The molecule has 1 aliphatic carbocycles. The summed E-state index contributed by atoms with van der Waals surface area (Å²) in [6, 6.07) is 11.5. The van der Waals surface area contributed by atoms with Gasteiger partial charge in [-0.1, -0.05) is 36.4 Å². The SMILES string of the molecule is CN(CC(=O)Nc1cccc2c1C(=O)c1ccccc1C2=O)CC(=O)NC(C)(C)C. The highest BCUT2D eigenvalue weighted by atomic mass is 16.2. The zero-order valence-corrected chi connectivity index (χ0v) is 17.5. The van der Waals surface area contributed by atoms with Gasteiger partial charge in [0.25, 0.3) is 0 Å². The Balaban J connectivity index is 1.74. The number of likely N-dealkylation sites (N-methyl/N-ethyl adjacent to an activating group) is 1. The van der Waals surface area contributed by atoms with Gasteiger partial charge >= 0.3 is 0 Å². The van der Waals surface area contributed by atoms with Crippen molar-refractivity contribution < 1.29 is 19.2 Å². The molecule has 3 rings (SSSR count). The van der Waals surface area contributed by atoms with Gasteiger partial charge < -0.3 is 10.6 Å². The second-order valence-corrected chi connectivity index (χ2v) is 8.45. The third-order valence-corrected chi connectivity index (χ3v) is 4.57. The van der Waals surface area contributed by atoms with E-state index in [4.69, 9.17) is 0 Å². The summed E-state index contributed by atoms with van der Waals surface area (Å²) in [5.74, 6) is -1.11. The molecule has 2 aromatic carbocycles. The van der Waals surface area contributed by atoms with Crippen LogP contribution >= 0.6 is 0 Å². The van der Waals surface area contributed by atoms with Crippen molar-refractivity contribution in [2.45, 2.75) is 26.3 Å². The molecule has 2 amide bonds. The monoisotopic (exact) mass is 407 g/mol. The Labute approximate surface area is 175 Å². The molecule has 0 saturated carbocycles. The highest BCUT2D eigenvalue weighted by Gasteiger charge is 2.31. The number of anilines is 1. The first-order valence-electron chi connectivity index (χ1n) is 9.67. The van der Waals surface area contributed by atoms with E-state index in [-0.39, 0.29) is 58.8 Å². The number of carbonyl (C=O) groups is 4. The van der Waals surface area contributed by atoms with Gasteiger partial charge in [-0.15, -0.1) is 0 Å². The maximum Gasteiger partial charge on any atom is 0.238 e. The first-order valence-corrected chi connectivity index (χ1v) is 9.67. The summed E-state index contributed by atoms with van der Waals surface area (Å²) < 4.78 is 0. The molecular weight excluding hydrogens is 382 g/mol. The molecule has 2 N–H and O–H groups in total. The van der Waals surface area contributed by atoms with Crippen molar-refractivity contribution in [2.24, 2.45) is 0 Å².